The lowest BCUT2D eigenvalue weighted by Crippen LogP contribution is -2.46. The van der Waals surface area contributed by atoms with Gasteiger partial charge < -0.3 is 14.8 Å². The van der Waals surface area contributed by atoms with Crippen molar-refractivity contribution in [3.63, 3.8) is 0 Å². The van der Waals surface area contributed by atoms with E-state index in [2.05, 4.69) is 4.98 Å². The van der Waals surface area contributed by atoms with Crippen molar-refractivity contribution in [1.29, 1.82) is 0 Å². The number of rotatable bonds is 7. The van der Waals surface area contributed by atoms with Gasteiger partial charge in [-0.05, 0) is 20.3 Å². The van der Waals surface area contributed by atoms with E-state index in [1.165, 1.54) is 6.20 Å². The molecule has 8 nitrogen and oxygen atoms in total. The van der Waals surface area contributed by atoms with Crippen LogP contribution >= 0.6 is 0 Å². The highest BCUT2D eigenvalue weighted by Gasteiger charge is 2.32. The molecule has 1 rings (SSSR count). The van der Waals surface area contributed by atoms with Crippen molar-refractivity contribution in [2.45, 2.75) is 44.4 Å². The average molecular weight is 305 g/mol. The third-order valence-corrected chi connectivity index (χ3v) is 4.03. The molecule has 1 unspecified atom stereocenters. The monoisotopic (exact) mass is 305 g/mol. The molecular formula is C11H19N3O5S. The van der Waals surface area contributed by atoms with Gasteiger partial charge in [0.1, 0.15) is 5.82 Å². The SMILES string of the molecule is CCCn1cc(S(=O)(=O)NCC(C)(O)C(=O)O)nc1C. The van der Waals surface area contributed by atoms with Crippen LogP contribution in [0.3, 0.4) is 0 Å². The summed E-state index contributed by atoms with van der Waals surface area (Å²) in [5.41, 5.74) is -2.17. The average Bonchev–Trinajstić information content (AvgIpc) is 2.70. The molecule has 0 saturated heterocycles. The number of aliphatic hydroxyl groups is 1. The summed E-state index contributed by atoms with van der Waals surface area (Å²) in [6, 6.07) is 0. The number of aromatic nitrogens is 2. The Balaban J connectivity index is 2.89. The lowest BCUT2D eigenvalue weighted by atomic mass is 10.1. The zero-order valence-corrected chi connectivity index (χ0v) is 12.4. The van der Waals surface area contributed by atoms with Crippen LogP contribution in [-0.4, -0.2) is 46.3 Å². The minimum absolute atomic E-state index is 0.190. The Morgan fingerprint density at radius 3 is 2.65 bits per heavy atom. The predicted octanol–water partition coefficient (Wildman–Crippen LogP) is -0.285. The van der Waals surface area contributed by atoms with E-state index in [1.807, 2.05) is 11.6 Å². The molecule has 0 fully saturated rings. The number of hydrogen-bond donors (Lipinski definition) is 3. The maximum absolute atomic E-state index is 12.0. The second kappa shape index (κ2) is 5.90. The first-order chi connectivity index (χ1) is 9.10. The van der Waals surface area contributed by atoms with Crippen molar-refractivity contribution < 1.29 is 23.4 Å². The van der Waals surface area contributed by atoms with Crippen molar-refractivity contribution in [2.24, 2.45) is 0 Å². The number of carboxylic acid groups (broad SMARTS) is 1. The molecule has 3 N–H and O–H groups in total. The van der Waals surface area contributed by atoms with E-state index in [0.29, 0.717) is 12.4 Å². The van der Waals surface area contributed by atoms with Gasteiger partial charge >= 0.3 is 5.97 Å². The normalized spacial score (nSPS) is 15.0. The van der Waals surface area contributed by atoms with Crippen LogP contribution in [0.25, 0.3) is 0 Å². The van der Waals surface area contributed by atoms with Crippen LogP contribution in [0.2, 0.25) is 0 Å². The predicted molar refractivity (Wildman–Crippen MR) is 70.7 cm³/mol. The van der Waals surface area contributed by atoms with Gasteiger partial charge in [0, 0.05) is 12.7 Å². The fourth-order valence-electron chi connectivity index (χ4n) is 1.46. The first-order valence-corrected chi connectivity index (χ1v) is 7.57. The van der Waals surface area contributed by atoms with Crippen molar-refractivity contribution in [3.8, 4) is 0 Å². The fraction of sp³-hybridized carbons (Fsp3) is 0.636. The standard InChI is InChI=1S/C11H19N3O5S/c1-4-5-14-6-9(13-8(14)2)20(18,19)12-7-11(3,17)10(15)16/h6,12,17H,4-5,7H2,1-3H3,(H,15,16). The maximum Gasteiger partial charge on any atom is 0.336 e. The summed E-state index contributed by atoms with van der Waals surface area (Å²) >= 11 is 0. The Morgan fingerprint density at radius 2 is 2.15 bits per heavy atom. The molecule has 114 valence electrons. The molecule has 0 aliphatic carbocycles. The van der Waals surface area contributed by atoms with Crippen molar-refractivity contribution in [1.82, 2.24) is 14.3 Å². The fourth-order valence-corrected chi connectivity index (χ4v) is 2.60. The van der Waals surface area contributed by atoms with Gasteiger partial charge in [-0.15, -0.1) is 0 Å². The first kappa shape index (κ1) is 16.6. The van der Waals surface area contributed by atoms with Crippen LogP contribution in [0.15, 0.2) is 11.2 Å². The Bertz CT molecular complexity index is 591. The molecule has 0 radical (unpaired) electrons. The van der Waals surface area contributed by atoms with Crippen molar-refractivity contribution in [3.05, 3.63) is 12.0 Å². The van der Waals surface area contributed by atoms with Gasteiger partial charge in [-0.3, -0.25) is 0 Å². The van der Waals surface area contributed by atoms with Crippen LogP contribution in [0.5, 0.6) is 0 Å². The molecule has 1 aromatic heterocycles. The van der Waals surface area contributed by atoms with E-state index in [1.54, 1.807) is 11.5 Å². The molecule has 0 spiro atoms. The van der Waals surface area contributed by atoms with Gasteiger partial charge in [0.15, 0.2) is 10.6 Å². The molecule has 0 amide bonds. The Kier molecular flexibility index (Phi) is 4.90. The number of imidazole rings is 1. The largest absolute Gasteiger partial charge is 0.479 e. The van der Waals surface area contributed by atoms with E-state index in [9.17, 15) is 18.3 Å². The third-order valence-electron chi connectivity index (χ3n) is 2.76. The Hall–Kier alpha value is -1.45. The van der Waals surface area contributed by atoms with Crippen LogP contribution in [-0.2, 0) is 21.4 Å². The van der Waals surface area contributed by atoms with Crippen molar-refractivity contribution in [2.75, 3.05) is 6.54 Å². The minimum Gasteiger partial charge on any atom is -0.479 e. The molecule has 0 bridgehead atoms. The maximum atomic E-state index is 12.0. The van der Waals surface area contributed by atoms with Crippen molar-refractivity contribution >= 4 is 16.0 Å². The quantitative estimate of drug-likeness (QED) is 0.636. The lowest BCUT2D eigenvalue weighted by Gasteiger charge is -2.17. The Labute approximate surface area is 117 Å². The van der Waals surface area contributed by atoms with E-state index in [0.717, 1.165) is 13.3 Å². The highest BCUT2D eigenvalue weighted by molar-refractivity contribution is 7.89. The summed E-state index contributed by atoms with van der Waals surface area (Å²) in [6.45, 7) is 4.66. The number of aliphatic carboxylic acids is 1. The number of carbonyl (C=O) groups is 1. The third kappa shape index (κ3) is 3.78. The summed E-state index contributed by atoms with van der Waals surface area (Å²) < 4.78 is 27.7. The summed E-state index contributed by atoms with van der Waals surface area (Å²) in [5.74, 6) is -0.954. The number of nitrogens with zero attached hydrogens (tertiary/aromatic N) is 2. The van der Waals surface area contributed by atoms with Gasteiger partial charge in [-0.2, -0.15) is 0 Å². The second-order valence-corrected chi connectivity index (χ2v) is 6.44. The van der Waals surface area contributed by atoms with Gasteiger partial charge in [-0.25, -0.2) is 22.9 Å². The number of aryl methyl sites for hydroxylation is 2. The van der Waals surface area contributed by atoms with E-state index in [4.69, 9.17) is 5.11 Å². The summed E-state index contributed by atoms with van der Waals surface area (Å²) in [6.07, 6.45) is 2.22. The number of hydrogen-bond acceptors (Lipinski definition) is 5. The number of nitrogens with one attached hydrogen (secondary N) is 1. The van der Waals surface area contributed by atoms with Gasteiger partial charge in [0.05, 0.1) is 6.54 Å². The van der Waals surface area contributed by atoms with Crippen LogP contribution < -0.4 is 4.72 Å². The molecule has 0 aromatic carbocycles. The van der Waals surface area contributed by atoms with E-state index < -0.39 is 28.1 Å². The molecule has 0 aliphatic heterocycles. The second-order valence-electron chi connectivity index (χ2n) is 4.72. The summed E-state index contributed by atoms with van der Waals surface area (Å²) in [7, 11) is -3.95. The van der Waals surface area contributed by atoms with Crippen LogP contribution in [0.4, 0.5) is 0 Å². The topological polar surface area (TPSA) is 122 Å². The molecule has 9 heteroatoms. The van der Waals surface area contributed by atoms with Crippen LogP contribution in [0.1, 0.15) is 26.1 Å². The minimum atomic E-state index is -3.95. The summed E-state index contributed by atoms with van der Waals surface area (Å²) in [4.78, 5) is 14.6. The molecule has 1 atom stereocenters. The molecule has 1 heterocycles. The van der Waals surface area contributed by atoms with E-state index in [-0.39, 0.29) is 5.03 Å². The van der Waals surface area contributed by atoms with Crippen LogP contribution in [0, 0.1) is 6.92 Å². The van der Waals surface area contributed by atoms with Gasteiger partial charge in [0.2, 0.25) is 0 Å². The highest BCUT2D eigenvalue weighted by atomic mass is 32.2. The molecular weight excluding hydrogens is 286 g/mol. The molecule has 20 heavy (non-hydrogen) atoms. The Morgan fingerprint density at radius 1 is 1.55 bits per heavy atom. The zero-order chi connectivity index (χ0) is 15.6. The zero-order valence-electron chi connectivity index (χ0n) is 11.6. The number of carboxylic acids is 1. The molecule has 0 saturated carbocycles. The molecule has 0 aliphatic rings. The van der Waals surface area contributed by atoms with Gasteiger partial charge in [0.25, 0.3) is 10.0 Å². The molecule has 1 aromatic rings. The van der Waals surface area contributed by atoms with Gasteiger partial charge in [-0.1, -0.05) is 6.92 Å². The first-order valence-electron chi connectivity index (χ1n) is 6.09. The lowest BCUT2D eigenvalue weighted by molar-refractivity contribution is -0.155. The highest BCUT2D eigenvalue weighted by Crippen LogP contribution is 2.11. The summed E-state index contributed by atoms with van der Waals surface area (Å²) in [5, 5.41) is 18.0. The number of sulfonamides is 1. The van der Waals surface area contributed by atoms with E-state index >= 15 is 0 Å². The smallest absolute Gasteiger partial charge is 0.336 e.